The summed E-state index contributed by atoms with van der Waals surface area (Å²) in [5, 5.41) is 3.96. The molecule has 0 unspecified atom stereocenters. The van der Waals surface area contributed by atoms with Gasteiger partial charge in [-0.15, -0.1) is 0 Å². The number of hydrogen-bond acceptors (Lipinski definition) is 3. The molecule has 1 aliphatic rings. The molecule has 26 heavy (non-hydrogen) atoms. The van der Waals surface area contributed by atoms with E-state index in [4.69, 9.17) is 11.6 Å². The molecule has 0 radical (unpaired) electrons. The van der Waals surface area contributed by atoms with Crippen molar-refractivity contribution >= 4 is 34.6 Å². The predicted molar refractivity (Wildman–Crippen MR) is 105 cm³/mol. The fraction of sp³-hybridized carbons (Fsp3) is 0.143. The van der Waals surface area contributed by atoms with Gasteiger partial charge in [0.25, 0.3) is 5.91 Å². The molecule has 0 saturated carbocycles. The first-order valence-corrected chi connectivity index (χ1v) is 8.97. The maximum atomic E-state index is 13.0. The molecule has 5 heteroatoms. The summed E-state index contributed by atoms with van der Waals surface area (Å²) >= 11 is 5.92. The van der Waals surface area contributed by atoms with Gasteiger partial charge in [0, 0.05) is 34.8 Å². The highest BCUT2D eigenvalue weighted by Crippen LogP contribution is 2.28. The highest BCUT2D eigenvalue weighted by Gasteiger charge is 2.24. The second-order valence-electron chi connectivity index (χ2n) is 6.25. The normalized spacial score (nSPS) is 13.2. The van der Waals surface area contributed by atoms with Crippen molar-refractivity contribution in [3.8, 4) is 0 Å². The Morgan fingerprint density at radius 3 is 2.69 bits per heavy atom. The van der Waals surface area contributed by atoms with E-state index in [1.807, 2.05) is 53.4 Å². The lowest BCUT2D eigenvalue weighted by atomic mass is 10.0. The number of anilines is 3. The number of hydrogen-bond donors (Lipinski definition) is 1. The summed E-state index contributed by atoms with van der Waals surface area (Å²) in [6, 6.07) is 19.1. The van der Waals surface area contributed by atoms with Crippen molar-refractivity contribution in [1.82, 2.24) is 4.98 Å². The van der Waals surface area contributed by atoms with Crippen LogP contribution in [0.2, 0.25) is 5.02 Å². The van der Waals surface area contributed by atoms with Gasteiger partial charge in [-0.1, -0.05) is 29.8 Å². The minimum absolute atomic E-state index is 0.0723. The number of carbonyl (C=O) groups excluding carboxylic acids is 1. The summed E-state index contributed by atoms with van der Waals surface area (Å²) in [6.07, 6.45) is 3.62. The summed E-state index contributed by atoms with van der Waals surface area (Å²) in [4.78, 5) is 19.1. The summed E-state index contributed by atoms with van der Waals surface area (Å²) in [5.41, 5.74) is 4.35. The molecule has 0 saturated heterocycles. The Morgan fingerprint density at radius 1 is 1.04 bits per heavy atom. The zero-order valence-corrected chi connectivity index (χ0v) is 14.9. The zero-order chi connectivity index (χ0) is 17.9. The zero-order valence-electron chi connectivity index (χ0n) is 14.2. The van der Waals surface area contributed by atoms with Crippen LogP contribution in [-0.4, -0.2) is 17.4 Å². The number of pyridine rings is 1. The minimum atomic E-state index is -0.0723. The lowest BCUT2D eigenvalue weighted by molar-refractivity contribution is 0.0980. The van der Waals surface area contributed by atoms with Gasteiger partial charge in [0.1, 0.15) is 5.69 Å². The number of aryl methyl sites for hydroxylation is 1. The average molecular weight is 364 g/mol. The van der Waals surface area contributed by atoms with E-state index in [1.165, 1.54) is 5.56 Å². The lowest BCUT2D eigenvalue weighted by Crippen LogP contribution is -2.35. The number of aromatic nitrogens is 1. The molecule has 0 bridgehead atoms. The van der Waals surface area contributed by atoms with Crippen molar-refractivity contribution in [2.75, 3.05) is 16.8 Å². The van der Waals surface area contributed by atoms with E-state index in [0.29, 0.717) is 17.3 Å². The maximum Gasteiger partial charge on any atom is 0.276 e. The van der Waals surface area contributed by atoms with Crippen LogP contribution in [0.25, 0.3) is 0 Å². The number of fused-ring (bicyclic) bond motifs is 1. The number of halogens is 1. The minimum Gasteiger partial charge on any atom is -0.355 e. The Bertz CT molecular complexity index is 940. The van der Waals surface area contributed by atoms with E-state index in [-0.39, 0.29) is 5.91 Å². The summed E-state index contributed by atoms with van der Waals surface area (Å²) < 4.78 is 0. The van der Waals surface area contributed by atoms with Crippen molar-refractivity contribution in [3.63, 3.8) is 0 Å². The largest absolute Gasteiger partial charge is 0.355 e. The summed E-state index contributed by atoms with van der Waals surface area (Å²) in [6.45, 7) is 0.715. The molecule has 0 aliphatic carbocycles. The van der Waals surface area contributed by atoms with Gasteiger partial charge in [-0.05, 0) is 60.9 Å². The van der Waals surface area contributed by atoms with E-state index in [1.54, 1.807) is 12.3 Å². The molecule has 2 heterocycles. The van der Waals surface area contributed by atoms with Crippen LogP contribution in [0.4, 0.5) is 17.1 Å². The molecule has 1 amide bonds. The Morgan fingerprint density at radius 2 is 1.85 bits per heavy atom. The number of nitrogens with zero attached hydrogens (tertiary/aromatic N) is 2. The Balaban J connectivity index is 1.59. The van der Waals surface area contributed by atoms with Gasteiger partial charge in [0.05, 0.1) is 0 Å². The summed E-state index contributed by atoms with van der Waals surface area (Å²) in [7, 11) is 0. The van der Waals surface area contributed by atoms with Crippen molar-refractivity contribution in [2.24, 2.45) is 0 Å². The van der Waals surface area contributed by atoms with E-state index in [2.05, 4.69) is 16.4 Å². The van der Waals surface area contributed by atoms with Gasteiger partial charge in [0.15, 0.2) is 0 Å². The van der Waals surface area contributed by atoms with Gasteiger partial charge in [-0.25, -0.2) is 0 Å². The number of benzene rings is 2. The fourth-order valence-electron chi connectivity index (χ4n) is 3.21. The van der Waals surface area contributed by atoms with Crippen LogP contribution in [0.5, 0.6) is 0 Å². The van der Waals surface area contributed by atoms with Gasteiger partial charge in [0.2, 0.25) is 0 Å². The number of rotatable bonds is 3. The van der Waals surface area contributed by atoms with Crippen LogP contribution in [0.1, 0.15) is 22.5 Å². The molecule has 130 valence electrons. The predicted octanol–water partition coefficient (Wildman–Crippen LogP) is 5.07. The molecular formula is C21H18ClN3O. The molecular weight excluding hydrogens is 346 g/mol. The van der Waals surface area contributed by atoms with E-state index in [9.17, 15) is 4.79 Å². The third-order valence-corrected chi connectivity index (χ3v) is 4.72. The third-order valence-electron chi connectivity index (χ3n) is 4.47. The SMILES string of the molecule is O=C(c1cc(Nc2ccc(Cl)cc2)ccn1)N1CCCc2ccccc21. The van der Waals surface area contributed by atoms with Crippen molar-refractivity contribution in [2.45, 2.75) is 12.8 Å². The Labute approximate surface area is 157 Å². The van der Waals surface area contributed by atoms with Crippen LogP contribution in [0.3, 0.4) is 0 Å². The van der Waals surface area contributed by atoms with Crippen LogP contribution in [0, 0.1) is 0 Å². The summed E-state index contributed by atoms with van der Waals surface area (Å²) in [5.74, 6) is -0.0723. The van der Waals surface area contributed by atoms with Crippen LogP contribution < -0.4 is 10.2 Å². The van der Waals surface area contributed by atoms with Gasteiger partial charge in [-0.3, -0.25) is 9.78 Å². The molecule has 1 aromatic heterocycles. The molecule has 1 aliphatic heterocycles. The molecule has 2 aromatic carbocycles. The second kappa shape index (κ2) is 7.18. The van der Waals surface area contributed by atoms with E-state index < -0.39 is 0 Å². The first kappa shape index (κ1) is 16.6. The number of amides is 1. The Kier molecular flexibility index (Phi) is 4.59. The van der Waals surface area contributed by atoms with Crippen molar-refractivity contribution < 1.29 is 4.79 Å². The van der Waals surface area contributed by atoms with Crippen molar-refractivity contribution in [1.29, 1.82) is 0 Å². The molecule has 1 N–H and O–H groups in total. The monoisotopic (exact) mass is 363 g/mol. The topological polar surface area (TPSA) is 45.2 Å². The molecule has 3 aromatic rings. The van der Waals surface area contributed by atoms with Gasteiger partial charge < -0.3 is 10.2 Å². The Hall–Kier alpha value is -2.85. The quantitative estimate of drug-likeness (QED) is 0.706. The van der Waals surface area contributed by atoms with Crippen LogP contribution in [0.15, 0.2) is 66.9 Å². The third kappa shape index (κ3) is 3.41. The molecule has 4 nitrogen and oxygen atoms in total. The first-order valence-electron chi connectivity index (χ1n) is 8.59. The highest BCUT2D eigenvalue weighted by molar-refractivity contribution is 6.30. The molecule has 0 atom stereocenters. The molecule has 4 rings (SSSR count). The smallest absolute Gasteiger partial charge is 0.276 e. The fourth-order valence-corrected chi connectivity index (χ4v) is 3.33. The van der Waals surface area contributed by atoms with Crippen molar-refractivity contribution in [3.05, 3.63) is 83.1 Å². The van der Waals surface area contributed by atoms with Crippen LogP contribution >= 0.6 is 11.6 Å². The standard InChI is InChI=1S/C21H18ClN3O/c22-16-7-9-17(10-8-16)24-18-11-12-23-19(14-18)21(26)25-13-3-5-15-4-1-2-6-20(15)25/h1-2,4,6-12,14H,3,5,13H2,(H,23,24). The first-order chi connectivity index (χ1) is 12.7. The van der Waals surface area contributed by atoms with Crippen LogP contribution in [-0.2, 0) is 6.42 Å². The average Bonchev–Trinajstić information content (AvgIpc) is 2.69. The second-order valence-corrected chi connectivity index (χ2v) is 6.69. The van der Waals surface area contributed by atoms with E-state index >= 15 is 0 Å². The number of nitrogens with one attached hydrogen (secondary N) is 1. The number of carbonyl (C=O) groups is 1. The maximum absolute atomic E-state index is 13.0. The molecule has 0 fully saturated rings. The highest BCUT2D eigenvalue weighted by atomic mass is 35.5. The lowest BCUT2D eigenvalue weighted by Gasteiger charge is -2.29. The van der Waals surface area contributed by atoms with Gasteiger partial charge >= 0.3 is 0 Å². The number of para-hydroxylation sites is 1. The molecule has 0 spiro atoms. The van der Waals surface area contributed by atoms with E-state index in [0.717, 1.165) is 29.9 Å². The van der Waals surface area contributed by atoms with Gasteiger partial charge in [-0.2, -0.15) is 0 Å².